The summed E-state index contributed by atoms with van der Waals surface area (Å²) in [6.45, 7) is 13.6. The van der Waals surface area contributed by atoms with Crippen molar-refractivity contribution in [1.29, 1.82) is 0 Å². The molecule has 0 spiro atoms. The molecule has 4 rings (SSSR count). The summed E-state index contributed by atoms with van der Waals surface area (Å²) in [7, 11) is 0.680. The van der Waals surface area contributed by atoms with E-state index in [1.807, 2.05) is 6.07 Å². The van der Waals surface area contributed by atoms with Crippen LogP contribution in [0.4, 0.5) is 4.39 Å². The quantitative estimate of drug-likeness (QED) is 0.216. The van der Waals surface area contributed by atoms with E-state index in [0.717, 1.165) is 27.6 Å². The van der Waals surface area contributed by atoms with Crippen LogP contribution >= 0.6 is 0 Å². The number of fused-ring (bicyclic) bond motifs is 2. The number of ether oxygens (including phenoxy) is 1. The molecule has 3 aromatic rings. The third-order valence-electron chi connectivity index (χ3n) is 8.19. The third kappa shape index (κ3) is 5.18. The van der Waals surface area contributed by atoms with Gasteiger partial charge in [-0.25, -0.2) is 4.39 Å². The maximum atomic E-state index is 13.6. The molecule has 2 heterocycles. The van der Waals surface area contributed by atoms with Crippen molar-refractivity contribution in [3.63, 3.8) is 0 Å². The van der Waals surface area contributed by atoms with E-state index in [2.05, 4.69) is 41.5 Å². The molecular weight excluding hydrogens is 511 g/mol. The molecule has 0 unspecified atom stereocenters. The molecule has 0 aliphatic carbocycles. The van der Waals surface area contributed by atoms with Crippen LogP contribution < -0.4 is 4.43 Å². The highest BCUT2D eigenvalue weighted by molar-refractivity contribution is 6.78. The predicted octanol–water partition coefficient (Wildman–Crippen LogP) is 6.82. The van der Waals surface area contributed by atoms with Crippen LogP contribution in [0.3, 0.4) is 0 Å². The van der Waals surface area contributed by atoms with E-state index in [1.165, 1.54) is 19.2 Å². The third-order valence-corrected chi connectivity index (χ3v) is 14.2. The SMILES string of the molecule is COC(=O)Cc1c2c(c(O[Si](C(C)C)(C(C)C)C(C)C)c3ncc(Cc4ccc(F)cc4)cc13)C(=O)N(C)C2. The first-order chi connectivity index (χ1) is 18.4. The van der Waals surface area contributed by atoms with Crippen molar-refractivity contribution < 1.29 is 23.1 Å². The summed E-state index contributed by atoms with van der Waals surface area (Å²) >= 11 is 0. The fourth-order valence-electron chi connectivity index (χ4n) is 6.37. The molecule has 2 aromatic carbocycles. The zero-order valence-corrected chi connectivity index (χ0v) is 25.2. The van der Waals surface area contributed by atoms with Gasteiger partial charge in [-0.2, -0.15) is 0 Å². The first-order valence-corrected chi connectivity index (χ1v) is 15.8. The van der Waals surface area contributed by atoms with Gasteiger partial charge in [0.15, 0.2) is 0 Å². The van der Waals surface area contributed by atoms with Gasteiger partial charge >= 0.3 is 5.97 Å². The normalized spacial score (nSPS) is 13.6. The predicted molar refractivity (Wildman–Crippen MR) is 154 cm³/mol. The number of rotatable bonds is 9. The molecule has 0 bridgehead atoms. The highest BCUT2D eigenvalue weighted by atomic mass is 28.4. The first-order valence-electron chi connectivity index (χ1n) is 13.6. The Balaban J connectivity index is 2.01. The van der Waals surface area contributed by atoms with Crippen LogP contribution in [0.15, 0.2) is 36.5 Å². The van der Waals surface area contributed by atoms with Gasteiger partial charge in [0.25, 0.3) is 14.2 Å². The summed E-state index contributed by atoms with van der Waals surface area (Å²) < 4.78 is 25.7. The molecule has 208 valence electrons. The summed E-state index contributed by atoms with van der Waals surface area (Å²) in [4.78, 5) is 32.7. The summed E-state index contributed by atoms with van der Waals surface area (Å²) in [5.74, 6) is -0.244. The van der Waals surface area contributed by atoms with E-state index in [1.54, 1.807) is 30.3 Å². The van der Waals surface area contributed by atoms with Crippen LogP contribution in [0.25, 0.3) is 10.9 Å². The summed E-state index contributed by atoms with van der Waals surface area (Å²) in [6.07, 6.45) is 2.37. The van der Waals surface area contributed by atoms with Crippen LogP contribution in [0.1, 0.15) is 74.2 Å². The molecule has 0 atom stereocenters. The van der Waals surface area contributed by atoms with Crippen molar-refractivity contribution in [2.45, 2.75) is 77.6 Å². The maximum Gasteiger partial charge on any atom is 0.310 e. The lowest BCUT2D eigenvalue weighted by atomic mass is 9.93. The molecule has 1 aromatic heterocycles. The Morgan fingerprint density at radius 3 is 2.23 bits per heavy atom. The zero-order valence-electron chi connectivity index (χ0n) is 24.2. The zero-order chi connectivity index (χ0) is 28.6. The number of carbonyl (C=O) groups excluding carboxylic acids is 2. The van der Waals surface area contributed by atoms with Crippen molar-refractivity contribution in [3.8, 4) is 5.75 Å². The first kappa shape index (κ1) is 28.7. The molecule has 1 aliphatic rings. The van der Waals surface area contributed by atoms with Crippen molar-refractivity contribution in [2.24, 2.45) is 0 Å². The Hall–Kier alpha value is -3.26. The minimum atomic E-state index is -2.45. The van der Waals surface area contributed by atoms with E-state index >= 15 is 0 Å². The molecule has 1 amide bonds. The number of amides is 1. The number of hydrogen-bond acceptors (Lipinski definition) is 5. The number of hydrogen-bond donors (Lipinski definition) is 0. The lowest BCUT2D eigenvalue weighted by Crippen LogP contribution is -2.51. The maximum absolute atomic E-state index is 13.6. The fourth-order valence-corrected chi connectivity index (χ4v) is 11.6. The average molecular weight is 551 g/mol. The van der Waals surface area contributed by atoms with E-state index in [0.29, 0.717) is 46.4 Å². The molecule has 6 nitrogen and oxygen atoms in total. The van der Waals surface area contributed by atoms with Gasteiger partial charge in [0.2, 0.25) is 0 Å². The summed E-state index contributed by atoms with van der Waals surface area (Å²) in [5.41, 5.74) is 5.42. The number of aromatic nitrogens is 1. The Morgan fingerprint density at radius 1 is 1.05 bits per heavy atom. The standard InChI is InChI=1S/C31H39FN2O4Si/c1-18(2)39(19(3)4,20(5)6)38-30-28-26(17-34(7)31(28)36)24(15-27(35)37-8)25-14-22(16-33-29(25)30)13-21-9-11-23(32)12-10-21/h9-12,14,16,18-20H,13,15,17H2,1-8H3. The van der Waals surface area contributed by atoms with Gasteiger partial charge < -0.3 is 14.1 Å². The topological polar surface area (TPSA) is 68.7 Å². The molecule has 39 heavy (non-hydrogen) atoms. The fraction of sp³-hybridized carbons (Fsp3) is 0.452. The van der Waals surface area contributed by atoms with Gasteiger partial charge in [0, 0.05) is 25.2 Å². The number of methoxy groups -OCH3 is 1. The van der Waals surface area contributed by atoms with Crippen molar-refractivity contribution in [3.05, 3.63) is 70.2 Å². The van der Waals surface area contributed by atoms with E-state index in [-0.39, 0.29) is 24.1 Å². The van der Waals surface area contributed by atoms with E-state index in [4.69, 9.17) is 14.1 Å². The smallest absolute Gasteiger partial charge is 0.310 e. The second-order valence-electron chi connectivity index (χ2n) is 11.5. The molecule has 0 radical (unpaired) electrons. The van der Waals surface area contributed by atoms with Gasteiger partial charge in [-0.1, -0.05) is 53.7 Å². The second kappa shape index (κ2) is 11.1. The largest absolute Gasteiger partial charge is 0.541 e. The number of halogens is 1. The summed E-state index contributed by atoms with van der Waals surface area (Å²) in [6, 6.07) is 8.44. The van der Waals surface area contributed by atoms with Gasteiger partial charge in [0.05, 0.1) is 19.1 Å². The molecule has 8 heteroatoms. The molecule has 0 saturated carbocycles. The molecule has 0 saturated heterocycles. The Bertz CT molecular complexity index is 1380. The Kier molecular flexibility index (Phi) is 8.16. The summed E-state index contributed by atoms with van der Waals surface area (Å²) in [5, 5.41) is 0.788. The van der Waals surface area contributed by atoms with Crippen LogP contribution in [-0.2, 0) is 28.9 Å². The van der Waals surface area contributed by atoms with Crippen molar-refractivity contribution in [1.82, 2.24) is 9.88 Å². The Morgan fingerprint density at radius 2 is 1.67 bits per heavy atom. The van der Waals surface area contributed by atoms with Gasteiger partial charge in [-0.3, -0.25) is 14.6 Å². The lowest BCUT2D eigenvalue weighted by Gasteiger charge is -2.42. The van der Waals surface area contributed by atoms with Crippen molar-refractivity contribution >= 4 is 31.1 Å². The van der Waals surface area contributed by atoms with Crippen LogP contribution in [0, 0.1) is 5.82 Å². The van der Waals surface area contributed by atoms with Gasteiger partial charge in [-0.05, 0) is 63.5 Å². The van der Waals surface area contributed by atoms with E-state index in [9.17, 15) is 14.0 Å². The van der Waals surface area contributed by atoms with Gasteiger partial charge in [-0.15, -0.1) is 0 Å². The molecule has 0 fully saturated rings. The highest BCUT2D eigenvalue weighted by Crippen LogP contribution is 2.48. The molecule has 1 aliphatic heterocycles. The van der Waals surface area contributed by atoms with Crippen molar-refractivity contribution in [2.75, 3.05) is 14.2 Å². The highest BCUT2D eigenvalue weighted by Gasteiger charge is 2.49. The van der Waals surface area contributed by atoms with Gasteiger partial charge in [0.1, 0.15) is 17.1 Å². The number of benzene rings is 2. The van der Waals surface area contributed by atoms with E-state index < -0.39 is 8.32 Å². The minimum absolute atomic E-state index is 0.0273. The monoisotopic (exact) mass is 550 g/mol. The van der Waals surface area contributed by atoms with Crippen LogP contribution in [0.5, 0.6) is 5.75 Å². The number of esters is 1. The minimum Gasteiger partial charge on any atom is -0.541 e. The van der Waals surface area contributed by atoms with Crippen LogP contribution in [0.2, 0.25) is 16.6 Å². The van der Waals surface area contributed by atoms with Crippen LogP contribution in [-0.4, -0.2) is 44.2 Å². The number of pyridine rings is 1. The Labute approximate surface area is 231 Å². The second-order valence-corrected chi connectivity index (χ2v) is 16.9. The number of carbonyl (C=O) groups is 2. The molecule has 0 N–H and O–H groups in total. The lowest BCUT2D eigenvalue weighted by molar-refractivity contribution is -0.139. The average Bonchev–Trinajstić information content (AvgIpc) is 3.18. The number of nitrogens with zero attached hydrogens (tertiary/aromatic N) is 2. The molecular formula is C31H39FN2O4Si.